The number of hydrogen-bond acceptors (Lipinski definition) is 2. The van der Waals surface area contributed by atoms with Crippen LogP contribution in [0, 0.1) is 17.2 Å². The molecule has 0 aromatic rings. The number of likely N-dealkylation sites (tertiary alicyclic amines) is 1. The first kappa shape index (κ1) is 9.45. The highest BCUT2D eigenvalue weighted by molar-refractivity contribution is 4.84. The van der Waals surface area contributed by atoms with Crippen LogP contribution in [0.15, 0.2) is 0 Å². The van der Waals surface area contributed by atoms with Gasteiger partial charge in [0.15, 0.2) is 0 Å². The summed E-state index contributed by atoms with van der Waals surface area (Å²) in [5.74, 6) is 0.823. The van der Waals surface area contributed by atoms with E-state index in [2.05, 4.69) is 17.9 Å². The number of nitriles is 1. The van der Waals surface area contributed by atoms with Gasteiger partial charge in [-0.25, -0.2) is 0 Å². The minimum atomic E-state index is 0.615. The fourth-order valence-electron chi connectivity index (χ4n) is 1.06. The molecule has 0 amide bonds. The molecule has 0 saturated carbocycles. The first-order valence-electron chi connectivity index (χ1n) is 3.92. The van der Waals surface area contributed by atoms with Crippen molar-refractivity contribution < 1.29 is 0 Å². The van der Waals surface area contributed by atoms with E-state index in [1.165, 1.54) is 0 Å². The summed E-state index contributed by atoms with van der Waals surface area (Å²) >= 11 is 0. The maximum Gasteiger partial charge on any atom is 0.0866 e. The fourth-order valence-corrected chi connectivity index (χ4v) is 1.06. The Bertz CT molecular complexity index is 109. The van der Waals surface area contributed by atoms with E-state index in [0.29, 0.717) is 6.54 Å². The minimum absolute atomic E-state index is 0.615. The SMILES string of the molecule is CC.CC1CN(CC#N)C1. The molecule has 1 fully saturated rings. The van der Waals surface area contributed by atoms with Crippen molar-refractivity contribution in [2.75, 3.05) is 19.6 Å². The summed E-state index contributed by atoms with van der Waals surface area (Å²) in [5.41, 5.74) is 0. The van der Waals surface area contributed by atoms with Gasteiger partial charge in [-0.1, -0.05) is 20.8 Å². The van der Waals surface area contributed by atoms with Gasteiger partial charge in [0.1, 0.15) is 0 Å². The van der Waals surface area contributed by atoms with Crippen molar-refractivity contribution in [3.8, 4) is 6.07 Å². The van der Waals surface area contributed by atoms with Gasteiger partial charge in [0, 0.05) is 13.1 Å². The quantitative estimate of drug-likeness (QED) is 0.516. The smallest absolute Gasteiger partial charge is 0.0866 e. The van der Waals surface area contributed by atoms with Gasteiger partial charge in [0.25, 0.3) is 0 Å². The molecule has 1 rings (SSSR count). The van der Waals surface area contributed by atoms with Crippen molar-refractivity contribution in [2.45, 2.75) is 20.8 Å². The van der Waals surface area contributed by atoms with Crippen LogP contribution in [0.2, 0.25) is 0 Å². The summed E-state index contributed by atoms with van der Waals surface area (Å²) in [7, 11) is 0. The van der Waals surface area contributed by atoms with E-state index in [0.717, 1.165) is 19.0 Å². The van der Waals surface area contributed by atoms with E-state index >= 15 is 0 Å². The topological polar surface area (TPSA) is 27.0 Å². The lowest BCUT2D eigenvalue weighted by Crippen LogP contribution is -2.44. The van der Waals surface area contributed by atoms with Gasteiger partial charge in [-0.3, -0.25) is 4.90 Å². The second-order valence-electron chi connectivity index (χ2n) is 2.46. The molecule has 0 spiro atoms. The van der Waals surface area contributed by atoms with Crippen molar-refractivity contribution in [3.05, 3.63) is 0 Å². The summed E-state index contributed by atoms with van der Waals surface area (Å²) < 4.78 is 0. The van der Waals surface area contributed by atoms with Crippen LogP contribution in [0.3, 0.4) is 0 Å². The highest BCUT2D eigenvalue weighted by Crippen LogP contribution is 2.11. The lowest BCUT2D eigenvalue weighted by atomic mass is 10.0. The van der Waals surface area contributed by atoms with Crippen LogP contribution in [0.1, 0.15) is 20.8 Å². The second-order valence-corrected chi connectivity index (χ2v) is 2.46. The van der Waals surface area contributed by atoms with E-state index < -0.39 is 0 Å². The highest BCUT2D eigenvalue weighted by Gasteiger charge is 2.20. The third-order valence-corrected chi connectivity index (χ3v) is 1.43. The molecule has 0 bridgehead atoms. The van der Waals surface area contributed by atoms with Crippen molar-refractivity contribution in [3.63, 3.8) is 0 Å². The maximum atomic E-state index is 8.20. The van der Waals surface area contributed by atoms with Crippen molar-refractivity contribution in [1.29, 1.82) is 5.26 Å². The third kappa shape index (κ3) is 2.84. The maximum absolute atomic E-state index is 8.20. The Morgan fingerprint density at radius 2 is 2.00 bits per heavy atom. The molecular formula is C8H16N2. The first-order valence-corrected chi connectivity index (χ1v) is 3.92. The lowest BCUT2D eigenvalue weighted by molar-refractivity contribution is 0.131. The molecule has 1 heterocycles. The van der Waals surface area contributed by atoms with Gasteiger partial charge in [-0.15, -0.1) is 0 Å². The largest absolute Gasteiger partial charge is 0.290 e. The molecule has 1 saturated heterocycles. The van der Waals surface area contributed by atoms with Crippen LogP contribution in [0.4, 0.5) is 0 Å². The van der Waals surface area contributed by atoms with Gasteiger partial charge >= 0.3 is 0 Å². The molecule has 2 nitrogen and oxygen atoms in total. The van der Waals surface area contributed by atoms with E-state index in [4.69, 9.17) is 5.26 Å². The fraction of sp³-hybridized carbons (Fsp3) is 0.875. The Kier molecular flexibility index (Phi) is 4.96. The van der Waals surface area contributed by atoms with Crippen molar-refractivity contribution in [1.82, 2.24) is 4.90 Å². The van der Waals surface area contributed by atoms with Crippen LogP contribution in [0.5, 0.6) is 0 Å². The van der Waals surface area contributed by atoms with Gasteiger partial charge in [-0.2, -0.15) is 5.26 Å². The summed E-state index contributed by atoms with van der Waals surface area (Å²) in [6, 6.07) is 2.12. The average molecular weight is 140 g/mol. The third-order valence-electron chi connectivity index (χ3n) is 1.43. The highest BCUT2D eigenvalue weighted by atomic mass is 15.2. The Balaban J connectivity index is 0.000000371. The molecule has 1 aliphatic rings. The van der Waals surface area contributed by atoms with Gasteiger partial charge in [-0.05, 0) is 5.92 Å². The molecule has 0 aromatic carbocycles. The van der Waals surface area contributed by atoms with E-state index in [1.54, 1.807) is 0 Å². The molecule has 0 unspecified atom stereocenters. The van der Waals surface area contributed by atoms with Crippen LogP contribution >= 0.6 is 0 Å². The molecule has 0 aromatic heterocycles. The zero-order chi connectivity index (χ0) is 7.98. The predicted octanol–water partition coefficient (Wildman–Crippen LogP) is 1.49. The summed E-state index contributed by atoms with van der Waals surface area (Å²) in [5, 5.41) is 8.20. The van der Waals surface area contributed by atoms with Crippen LogP contribution in [-0.2, 0) is 0 Å². The Hall–Kier alpha value is -0.550. The van der Waals surface area contributed by atoms with E-state index in [1.807, 2.05) is 13.8 Å². The predicted molar refractivity (Wildman–Crippen MR) is 42.6 cm³/mol. The van der Waals surface area contributed by atoms with Crippen LogP contribution in [0.25, 0.3) is 0 Å². The number of rotatable bonds is 1. The lowest BCUT2D eigenvalue weighted by Gasteiger charge is -2.34. The number of hydrogen-bond donors (Lipinski definition) is 0. The first-order chi connectivity index (χ1) is 4.83. The summed E-state index contributed by atoms with van der Waals surface area (Å²) in [4.78, 5) is 2.14. The molecule has 1 aliphatic heterocycles. The molecule has 10 heavy (non-hydrogen) atoms. The van der Waals surface area contributed by atoms with Crippen molar-refractivity contribution >= 4 is 0 Å². The van der Waals surface area contributed by atoms with E-state index in [-0.39, 0.29) is 0 Å². The standard InChI is InChI=1S/C6H10N2.C2H6/c1-6-4-8(5-6)3-2-7;1-2/h6H,3-5H2,1H3;1-2H3. The summed E-state index contributed by atoms with van der Waals surface area (Å²) in [6.45, 7) is 9.05. The zero-order valence-electron chi connectivity index (χ0n) is 7.09. The molecule has 0 N–H and O–H groups in total. The molecular weight excluding hydrogens is 124 g/mol. The number of nitrogens with zero attached hydrogens (tertiary/aromatic N) is 2. The average Bonchev–Trinajstić information content (AvgIpc) is 1.90. The Labute approximate surface area is 63.4 Å². The van der Waals surface area contributed by atoms with Crippen LogP contribution < -0.4 is 0 Å². The summed E-state index contributed by atoms with van der Waals surface area (Å²) in [6.07, 6.45) is 0. The zero-order valence-corrected chi connectivity index (χ0v) is 7.09. The Morgan fingerprint density at radius 1 is 1.50 bits per heavy atom. The monoisotopic (exact) mass is 140 g/mol. The van der Waals surface area contributed by atoms with Crippen LogP contribution in [-0.4, -0.2) is 24.5 Å². The molecule has 0 radical (unpaired) electrons. The minimum Gasteiger partial charge on any atom is -0.290 e. The molecule has 58 valence electrons. The Morgan fingerprint density at radius 3 is 2.30 bits per heavy atom. The molecule has 0 atom stereocenters. The van der Waals surface area contributed by atoms with Gasteiger partial charge < -0.3 is 0 Å². The van der Waals surface area contributed by atoms with Gasteiger partial charge in [0.05, 0.1) is 12.6 Å². The van der Waals surface area contributed by atoms with Gasteiger partial charge in [0.2, 0.25) is 0 Å². The van der Waals surface area contributed by atoms with E-state index in [9.17, 15) is 0 Å². The molecule has 2 heteroatoms. The second kappa shape index (κ2) is 5.25. The molecule has 0 aliphatic carbocycles. The normalized spacial score (nSPS) is 18.2. The van der Waals surface area contributed by atoms with Crippen molar-refractivity contribution in [2.24, 2.45) is 5.92 Å².